The minimum absolute atomic E-state index is 0.116. The Hall–Kier alpha value is -3.02. The van der Waals surface area contributed by atoms with Crippen LogP contribution in [0.25, 0.3) is 10.9 Å². The van der Waals surface area contributed by atoms with Gasteiger partial charge in [0.05, 0.1) is 24.7 Å². The fourth-order valence-corrected chi connectivity index (χ4v) is 2.59. The molecule has 5 nitrogen and oxygen atoms in total. The summed E-state index contributed by atoms with van der Waals surface area (Å²) in [5.41, 5.74) is 1.25. The largest absolute Gasteiger partial charge is 0.458 e. The number of carbonyl (C=O) groups excluding carboxylic acids is 1. The lowest BCUT2D eigenvalue weighted by atomic mass is 10.1. The third kappa shape index (κ3) is 3.91. The number of hydrogen-bond donors (Lipinski definition) is 0. The second kappa shape index (κ2) is 7.25. The Balaban J connectivity index is 1.66. The maximum atomic E-state index is 12.9. The summed E-state index contributed by atoms with van der Waals surface area (Å²) >= 11 is 0. The highest BCUT2D eigenvalue weighted by Crippen LogP contribution is 2.18. The molecule has 1 unspecified atom stereocenters. The molecule has 0 amide bonds. The van der Waals surface area contributed by atoms with Gasteiger partial charge in [-0.2, -0.15) is 5.10 Å². The molecule has 0 aliphatic carbocycles. The van der Waals surface area contributed by atoms with E-state index in [4.69, 9.17) is 4.74 Å². The quantitative estimate of drug-likeness (QED) is 0.669. The van der Waals surface area contributed by atoms with Crippen LogP contribution in [-0.2, 0) is 16.1 Å². The summed E-state index contributed by atoms with van der Waals surface area (Å²) in [6.07, 6.45) is 0.895. The molecule has 0 aliphatic heterocycles. The van der Waals surface area contributed by atoms with Crippen LogP contribution < -0.4 is 5.43 Å². The van der Waals surface area contributed by atoms with E-state index in [2.05, 4.69) is 5.10 Å². The second-order valence-corrected chi connectivity index (χ2v) is 5.68. The first-order valence-electron chi connectivity index (χ1n) is 7.94. The van der Waals surface area contributed by atoms with Crippen molar-refractivity contribution in [3.05, 3.63) is 76.3 Å². The van der Waals surface area contributed by atoms with Gasteiger partial charge in [-0.05, 0) is 36.8 Å². The second-order valence-electron chi connectivity index (χ2n) is 5.68. The van der Waals surface area contributed by atoms with Crippen LogP contribution in [0.15, 0.2) is 59.5 Å². The Bertz CT molecular complexity index is 951. The lowest BCUT2D eigenvalue weighted by Crippen LogP contribution is -2.16. The first-order chi connectivity index (χ1) is 12.0. The van der Waals surface area contributed by atoms with Crippen molar-refractivity contribution in [2.24, 2.45) is 0 Å². The van der Waals surface area contributed by atoms with Crippen LogP contribution in [0, 0.1) is 5.82 Å². The number of nitrogens with zero attached hydrogens (tertiary/aromatic N) is 2. The fraction of sp³-hybridized carbons (Fsp3) is 0.211. The fourth-order valence-electron chi connectivity index (χ4n) is 2.59. The molecule has 1 atom stereocenters. The highest BCUT2D eigenvalue weighted by Gasteiger charge is 2.13. The van der Waals surface area contributed by atoms with Crippen LogP contribution in [0.5, 0.6) is 0 Å². The monoisotopic (exact) mass is 340 g/mol. The number of halogens is 1. The lowest BCUT2D eigenvalue weighted by Gasteiger charge is -2.14. The van der Waals surface area contributed by atoms with E-state index < -0.39 is 6.10 Å². The average molecular weight is 340 g/mol. The van der Waals surface area contributed by atoms with Gasteiger partial charge in [0.15, 0.2) is 0 Å². The molecule has 6 heteroatoms. The van der Waals surface area contributed by atoms with Crippen molar-refractivity contribution in [1.82, 2.24) is 9.78 Å². The number of rotatable bonds is 5. The van der Waals surface area contributed by atoms with E-state index in [1.54, 1.807) is 41.9 Å². The van der Waals surface area contributed by atoms with E-state index in [0.717, 1.165) is 5.56 Å². The number of esters is 1. The van der Waals surface area contributed by atoms with Gasteiger partial charge in [-0.1, -0.05) is 24.3 Å². The minimum atomic E-state index is -0.466. The van der Waals surface area contributed by atoms with Crippen LogP contribution in [0.2, 0.25) is 0 Å². The number of aromatic nitrogens is 2. The van der Waals surface area contributed by atoms with Crippen molar-refractivity contribution < 1.29 is 13.9 Å². The zero-order valence-corrected chi connectivity index (χ0v) is 13.7. The Morgan fingerprint density at radius 1 is 1.20 bits per heavy atom. The highest BCUT2D eigenvalue weighted by atomic mass is 19.1. The molecular weight excluding hydrogens is 323 g/mol. The van der Waals surface area contributed by atoms with Gasteiger partial charge in [-0.15, -0.1) is 0 Å². The minimum Gasteiger partial charge on any atom is -0.458 e. The number of fused-ring (bicyclic) bond motifs is 1. The molecule has 1 aromatic heterocycles. The molecule has 2 aromatic carbocycles. The van der Waals surface area contributed by atoms with Crippen molar-refractivity contribution >= 4 is 16.9 Å². The normalized spacial score (nSPS) is 12.1. The summed E-state index contributed by atoms with van der Waals surface area (Å²) in [5.74, 6) is -0.722. The van der Waals surface area contributed by atoms with Gasteiger partial charge in [0.1, 0.15) is 11.9 Å². The Kier molecular flexibility index (Phi) is 4.88. The molecule has 0 saturated heterocycles. The van der Waals surface area contributed by atoms with Crippen molar-refractivity contribution in [3.8, 4) is 0 Å². The zero-order valence-electron chi connectivity index (χ0n) is 13.7. The molecular formula is C19H17FN2O3. The topological polar surface area (TPSA) is 61.2 Å². The lowest BCUT2D eigenvalue weighted by molar-refractivity contribution is -0.148. The van der Waals surface area contributed by atoms with Crippen LogP contribution in [0.3, 0.4) is 0 Å². The smallest absolute Gasteiger partial charge is 0.308 e. The number of benzene rings is 2. The summed E-state index contributed by atoms with van der Waals surface area (Å²) in [6.45, 7) is 2.04. The van der Waals surface area contributed by atoms with Crippen LogP contribution in [-0.4, -0.2) is 15.7 Å². The van der Waals surface area contributed by atoms with Crippen LogP contribution in [0.4, 0.5) is 4.39 Å². The maximum Gasteiger partial charge on any atom is 0.308 e. The molecule has 0 spiro atoms. The summed E-state index contributed by atoms with van der Waals surface area (Å²) < 4.78 is 19.9. The molecule has 128 valence electrons. The molecule has 3 aromatic rings. The van der Waals surface area contributed by atoms with Crippen molar-refractivity contribution in [2.45, 2.75) is 26.0 Å². The first-order valence-corrected chi connectivity index (χ1v) is 7.94. The summed E-state index contributed by atoms with van der Waals surface area (Å²) in [7, 11) is 0. The van der Waals surface area contributed by atoms with E-state index in [1.165, 1.54) is 18.3 Å². The van der Waals surface area contributed by atoms with Gasteiger partial charge in [-0.25, -0.2) is 4.39 Å². The summed E-state index contributed by atoms with van der Waals surface area (Å²) in [6, 6.07) is 12.9. The molecule has 1 heterocycles. The predicted octanol–water partition coefficient (Wildman–Crippen LogP) is 3.23. The molecule has 0 bridgehead atoms. The van der Waals surface area contributed by atoms with E-state index >= 15 is 0 Å². The van der Waals surface area contributed by atoms with Gasteiger partial charge in [0, 0.05) is 5.39 Å². The predicted molar refractivity (Wildman–Crippen MR) is 91.5 cm³/mol. The number of aryl methyl sites for hydroxylation is 1. The van der Waals surface area contributed by atoms with E-state index in [9.17, 15) is 14.0 Å². The van der Waals surface area contributed by atoms with Crippen LogP contribution in [0.1, 0.15) is 25.0 Å². The molecule has 0 saturated carbocycles. The molecule has 3 rings (SSSR count). The number of hydrogen-bond acceptors (Lipinski definition) is 4. The van der Waals surface area contributed by atoms with Crippen molar-refractivity contribution in [2.75, 3.05) is 0 Å². The molecule has 0 aliphatic rings. The highest BCUT2D eigenvalue weighted by molar-refractivity contribution is 5.78. The van der Waals surface area contributed by atoms with Gasteiger partial charge >= 0.3 is 5.97 Å². The standard InChI is InChI=1S/C19H17FN2O3/c1-13(14-6-8-15(20)9-7-14)25-19(24)10-11-22-17-5-3-2-4-16(17)18(23)12-21-22/h2-9,12-13H,10-11H2,1H3. The molecule has 0 N–H and O–H groups in total. The Morgan fingerprint density at radius 3 is 2.68 bits per heavy atom. The van der Waals surface area contributed by atoms with Gasteiger partial charge in [0.25, 0.3) is 0 Å². The Labute approximate surface area is 143 Å². The van der Waals surface area contributed by atoms with Gasteiger partial charge in [-0.3, -0.25) is 14.3 Å². The zero-order chi connectivity index (χ0) is 17.8. The summed E-state index contributed by atoms with van der Waals surface area (Å²) in [4.78, 5) is 23.9. The summed E-state index contributed by atoms with van der Waals surface area (Å²) in [5, 5.41) is 4.64. The SMILES string of the molecule is CC(OC(=O)CCn1ncc(=O)c2ccccc21)c1ccc(F)cc1. The molecule has 0 fully saturated rings. The van der Waals surface area contributed by atoms with Crippen LogP contribution >= 0.6 is 0 Å². The van der Waals surface area contributed by atoms with Crippen molar-refractivity contribution in [3.63, 3.8) is 0 Å². The van der Waals surface area contributed by atoms with Gasteiger partial charge in [0.2, 0.25) is 5.43 Å². The van der Waals surface area contributed by atoms with E-state index in [1.807, 2.05) is 6.07 Å². The average Bonchev–Trinajstić information content (AvgIpc) is 2.62. The number of ether oxygens (including phenoxy) is 1. The van der Waals surface area contributed by atoms with E-state index in [0.29, 0.717) is 17.4 Å². The first kappa shape index (κ1) is 16.8. The third-order valence-corrected chi connectivity index (χ3v) is 3.94. The third-order valence-electron chi connectivity index (χ3n) is 3.94. The molecule has 25 heavy (non-hydrogen) atoms. The maximum absolute atomic E-state index is 12.9. The van der Waals surface area contributed by atoms with Crippen molar-refractivity contribution in [1.29, 1.82) is 0 Å². The van der Waals surface area contributed by atoms with Gasteiger partial charge < -0.3 is 4.74 Å². The number of para-hydroxylation sites is 1. The molecule has 0 radical (unpaired) electrons. The van der Waals surface area contributed by atoms with E-state index in [-0.39, 0.29) is 23.6 Å². The Morgan fingerprint density at radius 2 is 1.92 bits per heavy atom. The number of carbonyl (C=O) groups is 1.